The van der Waals surface area contributed by atoms with Crippen molar-refractivity contribution in [1.29, 1.82) is 5.26 Å². The quantitative estimate of drug-likeness (QED) is 0.481. The normalized spacial score (nSPS) is 18.9. The van der Waals surface area contributed by atoms with E-state index in [2.05, 4.69) is 31.8 Å². The molecule has 1 aromatic carbocycles. The predicted octanol–water partition coefficient (Wildman–Crippen LogP) is 2.94. The topological polar surface area (TPSA) is 129 Å². The Hall–Kier alpha value is -4.40. The predicted molar refractivity (Wildman–Crippen MR) is 129 cm³/mol. The third-order valence-corrected chi connectivity index (χ3v) is 6.57. The molecule has 1 saturated carbocycles. The summed E-state index contributed by atoms with van der Waals surface area (Å²) < 4.78 is 28.3. The highest BCUT2D eigenvalue weighted by atomic mass is 19.3. The van der Waals surface area contributed by atoms with Crippen LogP contribution in [0.4, 0.5) is 20.4 Å². The fourth-order valence-electron chi connectivity index (χ4n) is 4.40. The molecule has 2 aromatic heterocycles. The molecule has 1 aliphatic carbocycles. The number of halogens is 2. The van der Waals surface area contributed by atoms with Crippen LogP contribution >= 0.6 is 0 Å². The Morgan fingerprint density at radius 2 is 1.95 bits per heavy atom. The lowest BCUT2D eigenvalue weighted by Crippen LogP contribution is -2.64. The first-order chi connectivity index (χ1) is 17.7. The SMILES string of the molecule is CCNC(=O)c1ccc(Nc2nccc(-c3cnn(C4(CC#N)CN(C(=O)[C@@H]5CC5(F)F)C4)c3)n2)cc1. The Morgan fingerprint density at radius 3 is 2.59 bits per heavy atom. The van der Waals surface area contributed by atoms with E-state index in [1.165, 1.54) is 4.90 Å². The fourth-order valence-corrected chi connectivity index (χ4v) is 4.40. The van der Waals surface area contributed by atoms with Crippen molar-refractivity contribution >= 4 is 23.5 Å². The molecule has 37 heavy (non-hydrogen) atoms. The molecule has 1 saturated heterocycles. The van der Waals surface area contributed by atoms with E-state index >= 15 is 0 Å². The Kier molecular flexibility index (Phi) is 6.07. The molecule has 10 nitrogen and oxygen atoms in total. The zero-order valence-corrected chi connectivity index (χ0v) is 20.0. The molecule has 1 aliphatic heterocycles. The Morgan fingerprint density at radius 1 is 1.22 bits per heavy atom. The molecule has 3 heterocycles. The minimum absolute atomic E-state index is 0.0851. The largest absolute Gasteiger partial charge is 0.352 e. The molecule has 2 amide bonds. The minimum Gasteiger partial charge on any atom is -0.352 e. The second kappa shape index (κ2) is 9.24. The van der Waals surface area contributed by atoms with Crippen molar-refractivity contribution in [2.24, 2.45) is 5.92 Å². The van der Waals surface area contributed by atoms with Gasteiger partial charge < -0.3 is 15.5 Å². The van der Waals surface area contributed by atoms with Crippen LogP contribution in [0.3, 0.4) is 0 Å². The Labute approximate surface area is 211 Å². The molecule has 5 rings (SSSR count). The standard InChI is InChI=1S/C25H24F2N8O2/c1-2-29-21(36)16-3-5-18(6-4-16)32-23-30-10-7-20(33-23)17-12-31-35(13-17)24(8-9-28)14-34(15-24)22(37)19-11-25(19,26)27/h3-7,10,12-13,19H,2,8,11,14-15H2,1H3,(H,29,36)(H,30,32,33)/t19-/m0/s1. The fraction of sp³-hybridized carbons (Fsp3) is 0.360. The lowest BCUT2D eigenvalue weighted by molar-refractivity contribution is -0.146. The van der Waals surface area contributed by atoms with Crippen molar-refractivity contribution in [3.05, 3.63) is 54.5 Å². The number of likely N-dealkylation sites (tertiary alicyclic amines) is 1. The molecule has 2 fully saturated rings. The van der Waals surface area contributed by atoms with E-state index in [-0.39, 0.29) is 25.4 Å². The van der Waals surface area contributed by atoms with E-state index in [1.54, 1.807) is 53.6 Å². The number of nitriles is 1. The molecular formula is C25H24F2N8O2. The second-order valence-electron chi connectivity index (χ2n) is 9.27. The van der Waals surface area contributed by atoms with Gasteiger partial charge in [-0.05, 0) is 37.3 Å². The summed E-state index contributed by atoms with van der Waals surface area (Å²) in [6, 6.07) is 10.8. The second-order valence-corrected chi connectivity index (χ2v) is 9.27. The van der Waals surface area contributed by atoms with E-state index in [9.17, 15) is 23.6 Å². The van der Waals surface area contributed by atoms with Gasteiger partial charge in [-0.1, -0.05) is 0 Å². The first-order valence-electron chi connectivity index (χ1n) is 11.8. The molecular weight excluding hydrogens is 482 g/mol. The highest BCUT2D eigenvalue weighted by Crippen LogP contribution is 2.50. The van der Waals surface area contributed by atoms with Gasteiger partial charge in [0.15, 0.2) is 0 Å². The first-order valence-corrected chi connectivity index (χ1v) is 11.8. The monoisotopic (exact) mass is 506 g/mol. The van der Waals surface area contributed by atoms with Crippen LogP contribution in [0.5, 0.6) is 0 Å². The van der Waals surface area contributed by atoms with Gasteiger partial charge in [-0.3, -0.25) is 14.3 Å². The van der Waals surface area contributed by atoms with Gasteiger partial charge in [0.05, 0.1) is 24.4 Å². The Bertz CT molecular complexity index is 1380. The van der Waals surface area contributed by atoms with Gasteiger partial charge in [-0.2, -0.15) is 10.4 Å². The van der Waals surface area contributed by atoms with E-state index in [0.29, 0.717) is 35.0 Å². The highest BCUT2D eigenvalue weighted by molar-refractivity contribution is 5.94. The van der Waals surface area contributed by atoms with Crippen LogP contribution in [0.2, 0.25) is 0 Å². The number of amides is 2. The summed E-state index contributed by atoms with van der Waals surface area (Å²) in [4.78, 5) is 34.4. The van der Waals surface area contributed by atoms with Gasteiger partial charge in [0.1, 0.15) is 11.5 Å². The van der Waals surface area contributed by atoms with Gasteiger partial charge in [-0.25, -0.2) is 18.7 Å². The molecule has 0 spiro atoms. The van der Waals surface area contributed by atoms with Gasteiger partial charge in [0, 0.05) is 55.3 Å². The summed E-state index contributed by atoms with van der Waals surface area (Å²) in [5.41, 5.74) is 1.73. The van der Waals surface area contributed by atoms with Crippen molar-refractivity contribution in [3.8, 4) is 17.3 Å². The summed E-state index contributed by atoms with van der Waals surface area (Å²) in [7, 11) is 0. The van der Waals surface area contributed by atoms with E-state index in [0.717, 1.165) is 0 Å². The van der Waals surface area contributed by atoms with Crippen LogP contribution < -0.4 is 10.6 Å². The van der Waals surface area contributed by atoms with Gasteiger partial charge in [0.25, 0.3) is 11.8 Å². The lowest BCUT2D eigenvalue weighted by atomic mass is 9.86. The van der Waals surface area contributed by atoms with Gasteiger partial charge >= 0.3 is 0 Å². The summed E-state index contributed by atoms with van der Waals surface area (Å²) in [6.45, 7) is 2.70. The maximum Gasteiger partial charge on any atom is 0.260 e. The number of rotatable bonds is 8. The van der Waals surface area contributed by atoms with Crippen molar-refractivity contribution in [1.82, 2.24) is 30.0 Å². The molecule has 0 bridgehead atoms. The van der Waals surface area contributed by atoms with Crippen molar-refractivity contribution in [3.63, 3.8) is 0 Å². The number of hydrogen-bond donors (Lipinski definition) is 2. The highest BCUT2D eigenvalue weighted by Gasteiger charge is 2.64. The molecule has 2 aliphatic rings. The van der Waals surface area contributed by atoms with Crippen LogP contribution in [0.15, 0.2) is 48.9 Å². The number of alkyl halides is 2. The minimum atomic E-state index is -2.92. The number of hydrogen-bond acceptors (Lipinski definition) is 7. The van der Waals surface area contributed by atoms with Crippen molar-refractivity contribution < 1.29 is 18.4 Å². The maximum absolute atomic E-state index is 13.3. The van der Waals surface area contributed by atoms with Crippen LogP contribution in [-0.2, 0) is 10.3 Å². The van der Waals surface area contributed by atoms with E-state index in [4.69, 9.17) is 0 Å². The first kappa shape index (κ1) is 24.3. The lowest BCUT2D eigenvalue weighted by Gasteiger charge is -2.49. The van der Waals surface area contributed by atoms with Crippen LogP contribution in [-0.4, -0.2) is 62.0 Å². The molecule has 190 valence electrons. The average molecular weight is 507 g/mol. The number of benzene rings is 1. The van der Waals surface area contributed by atoms with Crippen molar-refractivity contribution in [2.45, 2.75) is 31.2 Å². The molecule has 1 atom stereocenters. The van der Waals surface area contributed by atoms with Crippen LogP contribution in [0.25, 0.3) is 11.3 Å². The zero-order chi connectivity index (χ0) is 26.2. The molecule has 0 unspecified atom stereocenters. The number of nitrogens with zero attached hydrogens (tertiary/aromatic N) is 6. The van der Waals surface area contributed by atoms with E-state index < -0.39 is 29.7 Å². The van der Waals surface area contributed by atoms with Gasteiger partial charge in [-0.15, -0.1) is 0 Å². The average Bonchev–Trinajstić information content (AvgIpc) is 3.25. The summed E-state index contributed by atoms with van der Waals surface area (Å²) >= 11 is 0. The Balaban J connectivity index is 1.28. The van der Waals surface area contributed by atoms with Gasteiger partial charge in [0.2, 0.25) is 11.9 Å². The number of aromatic nitrogens is 4. The summed E-state index contributed by atoms with van der Waals surface area (Å²) in [5, 5.41) is 19.6. The summed E-state index contributed by atoms with van der Waals surface area (Å²) in [5.74, 6) is -4.56. The number of nitrogens with one attached hydrogen (secondary N) is 2. The number of carbonyl (C=O) groups excluding carboxylic acids is 2. The maximum atomic E-state index is 13.3. The van der Waals surface area contributed by atoms with E-state index in [1.807, 2.05) is 6.92 Å². The summed E-state index contributed by atoms with van der Waals surface area (Å²) in [6.07, 6.45) is 4.60. The van der Waals surface area contributed by atoms with Crippen LogP contribution in [0, 0.1) is 17.2 Å². The third kappa shape index (κ3) is 4.72. The zero-order valence-electron chi connectivity index (χ0n) is 20.0. The molecule has 2 N–H and O–H groups in total. The van der Waals surface area contributed by atoms with Crippen LogP contribution in [0.1, 0.15) is 30.1 Å². The number of carbonyl (C=O) groups is 2. The van der Waals surface area contributed by atoms with Crippen molar-refractivity contribution in [2.75, 3.05) is 25.0 Å². The third-order valence-electron chi connectivity index (χ3n) is 6.57. The number of anilines is 2. The smallest absolute Gasteiger partial charge is 0.260 e. The molecule has 12 heteroatoms. The molecule has 0 radical (unpaired) electrons. The molecule has 3 aromatic rings.